The van der Waals surface area contributed by atoms with Crippen molar-refractivity contribution in [2.75, 3.05) is 21.3 Å². The van der Waals surface area contributed by atoms with E-state index >= 15 is 0 Å². The normalized spacial score (nSPS) is 11.5. The van der Waals surface area contributed by atoms with Crippen molar-refractivity contribution in [3.8, 4) is 45.6 Å². The highest BCUT2D eigenvalue weighted by atomic mass is 16.5. The van der Waals surface area contributed by atoms with E-state index in [0.717, 1.165) is 18.2 Å². The van der Waals surface area contributed by atoms with Gasteiger partial charge in [-0.2, -0.15) is 0 Å². The topological polar surface area (TPSA) is 189 Å². The highest BCUT2D eigenvalue weighted by Gasteiger charge is 2.20. The van der Waals surface area contributed by atoms with Gasteiger partial charge in [-0.1, -0.05) is 6.07 Å². The Hall–Kier alpha value is -5.91. The van der Waals surface area contributed by atoms with Crippen LogP contribution in [0, 0.1) is 0 Å². The zero-order valence-corrected chi connectivity index (χ0v) is 22.5. The fraction of sp³-hybridized carbons (Fsp3) is 0.100. The van der Waals surface area contributed by atoms with Gasteiger partial charge in [-0.05, 0) is 71.3 Å². The number of phenols is 2. The molecule has 3 aromatic rings. The summed E-state index contributed by atoms with van der Waals surface area (Å²) in [7, 11) is 3.90. The molecule has 0 atom stereocenters. The van der Waals surface area contributed by atoms with Gasteiger partial charge in [0.2, 0.25) is 5.76 Å². The van der Waals surface area contributed by atoms with Gasteiger partial charge in [0, 0.05) is 23.3 Å². The minimum absolute atomic E-state index is 0.0128. The number of aromatic hydroxyl groups is 2. The molecule has 0 amide bonds. The molecule has 0 aliphatic rings. The Labute approximate surface area is 239 Å². The van der Waals surface area contributed by atoms with Gasteiger partial charge in [-0.15, -0.1) is 0 Å². The monoisotopic (exact) mass is 578 g/mol. The highest BCUT2D eigenvalue weighted by molar-refractivity contribution is 5.92. The van der Waals surface area contributed by atoms with Gasteiger partial charge in [0.1, 0.15) is 0 Å². The Balaban J connectivity index is 2.14. The summed E-state index contributed by atoms with van der Waals surface area (Å²) in [4.78, 5) is 33.9. The smallest absolute Gasteiger partial charge is 0.371 e. The first kappa shape index (κ1) is 30.6. The van der Waals surface area contributed by atoms with Crippen LogP contribution in [0.4, 0.5) is 0 Å². The number of aliphatic carboxylic acids is 3. The summed E-state index contributed by atoms with van der Waals surface area (Å²) in [6, 6.07) is 9.85. The van der Waals surface area contributed by atoms with Crippen LogP contribution in [0.3, 0.4) is 0 Å². The van der Waals surface area contributed by atoms with Crippen LogP contribution < -0.4 is 18.9 Å². The number of benzene rings is 3. The lowest BCUT2D eigenvalue weighted by atomic mass is 9.97. The van der Waals surface area contributed by atoms with E-state index in [0.29, 0.717) is 11.1 Å². The first-order chi connectivity index (χ1) is 20.0. The lowest BCUT2D eigenvalue weighted by Crippen LogP contribution is -2.08. The summed E-state index contributed by atoms with van der Waals surface area (Å²) in [6.45, 7) is 0. The molecule has 0 saturated carbocycles. The van der Waals surface area contributed by atoms with E-state index in [1.54, 1.807) is 0 Å². The molecule has 12 nitrogen and oxygen atoms in total. The van der Waals surface area contributed by atoms with Crippen LogP contribution in [-0.4, -0.2) is 64.8 Å². The molecule has 0 bridgehead atoms. The predicted octanol–water partition coefficient (Wildman–Crippen LogP) is 4.49. The first-order valence-electron chi connectivity index (χ1n) is 11.9. The van der Waals surface area contributed by atoms with Crippen LogP contribution in [0.2, 0.25) is 0 Å². The van der Waals surface area contributed by atoms with Gasteiger partial charge in [-0.25, -0.2) is 14.4 Å². The number of rotatable bonds is 12. The molecule has 3 rings (SSSR count). The molecule has 0 saturated heterocycles. The molecule has 0 aliphatic carbocycles. The summed E-state index contributed by atoms with van der Waals surface area (Å²) in [5.74, 6) is -5.07. The number of hydrogen-bond donors (Lipinski definition) is 5. The molecule has 0 aliphatic heterocycles. The molecule has 12 heteroatoms. The van der Waals surface area contributed by atoms with Gasteiger partial charge in [0.05, 0.1) is 21.3 Å². The third kappa shape index (κ3) is 7.39. The predicted molar refractivity (Wildman–Crippen MR) is 151 cm³/mol. The van der Waals surface area contributed by atoms with Crippen molar-refractivity contribution >= 4 is 36.1 Å². The second-order valence-corrected chi connectivity index (χ2v) is 8.41. The fourth-order valence-corrected chi connectivity index (χ4v) is 3.77. The van der Waals surface area contributed by atoms with Crippen molar-refractivity contribution in [2.45, 2.75) is 0 Å². The summed E-state index contributed by atoms with van der Waals surface area (Å²) < 4.78 is 21.4. The quantitative estimate of drug-likeness (QED) is 0.150. The van der Waals surface area contributed by atoms with E-state index in [9.17, 15) is 29.7 Å². The number of carbonyl (C=O) groups is 3. The number of phenolic OH excluding ortho intramolecular Hbond substituents is 2. The first-order valence-corrected chi connectivity index (χ1v) is 11.9. The van der Waals surface area contributed by atoms with Crippen molar-refractivity contribution in [3.05, 3.63) is 77.1 Å². The van der Waals surface area contributed by atoms with E-state index in [1.165, 1.54) is 75.9 Å². The average Bonchev–Trinajstić information content (AvgIpc) is 2.96. The van der Waals surface area contributed by atoms with E-state index in [-0.39, 0.29) is 45.4 Å². The van der Waals surface area contributed by atoms with E-state index in [1.807, 2.05) is 0 Å². The minimum Gasteiger partial charge on any atom is -0.504 e. The van der Waals surface area contributed by atoms with Crippen LogP contribution in [0.1, 0.15) is 16.7 Å². The molecule has 0 heterocycles. The zero-order valence-electron chi connectivity index (χ0n) is 22.5. The van der Waals surface area contributed by atoms with Crippen LogP contribution in [0.5, 0.6) is 34.5 Å². The third-order valence-corrected chi connectivity index (χ3v) is 5.68. The number of hydrogen-bond acceptors (Lipinski definition) is 9. The lowest BCUT2D eigenvalue weighted by Gasteiger charge is -2.15. The number of carboxylic acid groups (broad SMARTS) is 3. The SMILES string of the molecule is COc1cc(/C=C/C(=O)O)ccc1O/C(=C\c1cc(OC)c(O)c(-c2cc(/C=C/C(=O)O)cc(OC)c2O)c1)C(=O)O. The van der Waals surface area contributed by atoms with Gasteiger partial charge in [0.25, 0.3) is 0 Å². The largest absolute Gasteiger partial charge is 0.504 e. The Kier molecular flexibility index (Phi) is 9.80. The van der Waals surface area contributed by atoms with E-state index in [4.69, 9.17) is 29.2 Å². The van der Waals surface area contributed by atoms with Crippen molar-refractivity contribution in [1.29, 1.82) is 0 Å². The molecule has 5 N–H and O–H groups in total. The fourth-order valence-electron chi connectivity index (χ4n) is 3.77. The molecule has 3 aromatic carbocycles. The van der Waals surface area contributed by atoms with Crippen molar-refractivity contribution in [1.82, 2.24) is 0 Å². The maximum absolute atomic E-state index is 12.1. The van der Waals surface area contributed by atoms with Crippen molar-refractivity contribution < 1.29 is 58.9 Å². The Morgan fingerprint density at radius 3 is 1.60 bits per heavy atom. The van der Waals surface area contributed by atoms with Crippen LogP contribution in [0.25, 0.3) is 29.4 Å². The highest BCUT2D eigenvalue weighted by Crippen LogP contribution is 2.46. The van der Waals surface area contributed by atoms with Gasteiger partial charge in [-0.3, -0.25) is 0 Å². The lowest BCUT2D eigenvalue weighted by molar-refractivity contribution is -0.135. The molecule has 0 spiro atoms. The zero-order chi connectivity index (χ0) is 31.0. The molecule has 42 heavy (non-hydrogen) atoms. The van der Waals surface area contributed by atoms with Crippen molar-refractivity contribution in [2.24, 2.45) is 0 Å². The summed E-state index contributed by atoms with van der Waals surface area (Å²) in [6.07, 6.45) is 5.55. The molecule has 0 aromatic heterocycles. The Bertz CT molecular complexity index is 1610. The molecule has 0 fully saturated rings. The average molecular weight is 579 g/mol. The van der Waals surface area contributed by atoms with Gasteiger partial charge >= 0.3 is 17.9 Å². The number of methoxy groups -OCH3 is 3. The maximum atomic E-state index is 12.1. The molecule has 0 radical (unpaired) electrons. The molecular weight excluding hydrogens is 552 g/mol. The third-order valence-electron chi connectivity index (χ3n) is 5.68. The Morgan fingerprint density at radius 1 is 0.619 bits per heavy atom. The van der Waals surface area contributed by atoms with Crippen LogP contribution in [-0.2, 0) is 14.4 Å². The van der Waals surface area contributed by atoms with Gasteiger partial charge in [0.15, 0.2) is 34.5 Å². The molecule has 0 unspecified atom stereocenters. The number of carboxylic acids is 3. The maximum Gasteiger partial charge on any atom is 0.371 e. The Morgan fingerprint density at radius 2 is 1.10 bits per heavy atom. The second-order valence-electron chi connectivity index (χ2n) is 8.41. The van der Waals surface area contributed by atoms with Crippen LogP contribution >= 0.6 is 0 Å². The van der Waals surface area contributed by atoms with E-state index < -0.39 is 29.4 Å². The van der Waals surface area contributed by atoms with Crippen LogP contribution in [0.15, 0.2) is 60.4 Å². The summed E-state index contributed by atoms with van der Waals surface area (Å²) >= 11 is 0. The number of ether oxygens (including phenoxy) is 4. The van der Waals surface area contributed by atoms with Crippen molar-refractivity contribution in [3.63, 3.8) is 0 Å². The molecular formula is C30H26O12. The standard InChI is InChI=1S/C30H26O12/c1-39-22-12-16(5-8-26(31)32)4-7-21(22)42-25(30(37)38)15-18-11-20(29(36)24(14-18)41-3)19-10-17(6-9-27(33)34)13-23(40-2)28(19)35/h4-15,35-36H,1-3H3,(H,31,32)(H,33,34)(H,37,38)/b8-5+,9-6+,25-15-. The summed E-state index contributed by atoms with van der Waals surface area (Å²) in [5, 5.41) is 49.4. The summed E-state index contributed by atoms with van der Waals surface area (Å²) in [5.41, 5.74) is 1.02. The molecule has 218 valence electrons. The minimum atomic E-state index is -1.45. The van der Waals surface area contributed by atoms with Gasteiger partial charge < -0.3 is 44.5 Å². The second kappa shape index (κ2) is 13.4. The van der Waals surface area contributed by atoms with E-state index in [2.05, 4.69) is 0 Å².